The number of nitriles is 1. The third-order valence-electron chi connectivity index (χ3n) is 7.49. The highest BCUT2D eigenvalue weighted by Gasteiger charge is 2.37. The molecule has 1 atom stereocenters. The minimum absolute atomic E-state index is 0.165. The van der Waals surface area contributed by atoms with Crippen LogP contribution in [-0.2, 0) is 0 Å². The number of rotatable bonds is 3. The quantitative estimate of drug-likeness (QED) is 0.292. The first-order chi connectivity index (χ1) is 18.9. The fraction of sp³-hybridized carbons (Fsp3) is 0.276. The zero-order valence-corrected chi connectivity index (χ0v) is 22.1. The van der Waals surface area contributed by atoms with Gasteiger partial charge >= 0.3 is 6.09 Å². The average molecular weight is 544 g/mol. The number of nitrogens with zero attached hydrogens (tertiary/aromatic N) is 4. The van der Waals surface area contributed by atoms with Crippen molar-refractivity contribution in [3.63, 3.8) is 0 Å². The SMILES string of the molecule is CN1CCN(C(=O)Oc2cc3c(c4cc(C#N)ccc24)C(CCl)CN3C(=O)c2cc3cc(N)ccc3o2)CC1. The van der Waals surface area contributed by atoms with Gasteiger partial charge in [-0.15, -0.1) is 11.6 Å². The van der Waals surface area contributed by atoms with Gasteiger partial charge < -0.3 is 29.6 Å². The number of benzene rings is 3. The fourth-order valence-electron chi connectivity index (χ4n) is 5.38. The fourth-order valence-corrected chi connectivity index (χ4v) is 5.63. The summed E-state index contributed by atoms with van der Waals surface area (Å²) in [6.45, 7) is 2.96. The van der Waals surface area contributed by atoms with Crippen molar-refractivity contribution >= 4 is 56.7 Å². The lowest BCUT2D eigenvalue weighted by atomic mass is 9.94. The van der Waals surface area contributed by atoms with E-state index in [1.807, 2.05) is 7.05 Å². The van der Waals surface area contributed by atoms with Gasteiger partial charge in [0.05, 0.1) is 17.3 Å². The van der Waals surface area contributed by atoms with Crippen LogP contribution < -0.4 is 15.4 Å². The van der Waals surface area contributed by atoms with E-state index in [4.69, 9.17) is 26.5 Å². The van der Waals surface area contributed by atoms with Crippen molar-refractivity contribution < 1.29 is 18.7 Å². The lowest BCUT2D eigenvalue weighted by Gasteiger charge is -2.31. The number of fused-ring (bicyclic) bond motifs is 4. The maximum atomic E-state index is 13.8. The molecule has 0 aliphatic carbocycles. The Hall–Kier alpha value is -4.26. The Bertz CT molecular complexity index is 1670. The molecular formula is C29H26ClN5O4. The molecule has 6 rings (SSSR count). The lowest BCUT2D eigenvalue weighted by molar-refractivity contribution is 0.0964. The summed E-state index contributed by atoms with van der Waals surface area (Å²) >= 11 is 6.41. The van der Waals surface area contributed by atoms with Crippen LogP contribution in [0.5, 0.6) is 5.75 Å². The minimum Gasteiger partial charge on any atom is -0.451 e. The molecule has 1 fully saturated rings. The molecule has 2 N–H and O–H groups in total. The summed E-state index contributed by atoms with van der Waals surface area (Å²) < 4.78 is 11.8. The number of carbonyl (C=O) groups excluding carboxylic acids is 2. The minimum atomic E-state index is -0.451. The molecule has 3 heterocycles. The second-order valence-corrected chi connectivity index (χ2v) is 10.3. The number of amides is 2. The molecule has 3 aromatic carbocycles. The van der Waals surface area contributed by atoms with Crippen molar-refractivity contribution in [2.45, 2.75) is 5.92 Å². The molecule has 0 bridgehead atoms. The molecule has 39 heavy (non-hydrogen) atoms. The second-order valence-electron chi connectivity index (χ2n) is 10.0. The Balaban J connectivity index is 1.44. The van der Waals surface area contributed by atoms with E-state index in [1.54, 1.807) is 58.3 Å². The molecular weight excluding hydrogens is 518 g/mol. The van der Waals surface area contributed by atoms with E-state index in [2.05, 4.69) is 11.0 Å². The van der Waals surface area contributed by atoms with Crippen LogP contribution in [0.1, 0.15) is 27.6 Å². The summed E-state index contributed by atoms with van der Waals surface area (Å²) in [5.41, 5.74) is 8.90. The largest absolute Gasteiger partial charge is 0.451 e. The van der Waals surface area contributed by atoms with Gasteiger partial charge in [0.15, 0.2) is 5.76 Å². The van der Waals surface area contributed by atoms with Crippen LogP contribution in [-0.4, -0.2) is 67.5 Å². The molecule has 2 aliphatic rings. The molecule has 1 unspecified atom stereocenters. The lowest BCUT2D eigenvalue weighted by Crippen LogP contribution is -2.48. The molecule has 0 spiro atoms. The number of furan rings is 1. The number of ether oxygens (including phenoxy) is 1. The van der Waals surface area contributed by atoms with Crippen LogP contribution in [0.4, 0.5) is 16.2 Å². The van der Waals surface area contributed by atoms with Gasteiger partial charge in [0, 0.05) is 67.0 Å². The van der Waals surface area contributed by atoms with Gasteiger partial charge in [0.25, 0.3) is 5.91 Å². The van der Waals surface area contributed by atoms with Crippen molar-refractivity contribution in [1.29, 1.82) is 5.26 Å². The third kappa shape index (κ3) is 4.42. The zero-order valence-electron chi connectivity index (χ0n) is 21.3. The van der Waals surface area contributed by atoms with Gasteiger partial charge in [0.1, 0.15) is 11.3 Å². The van der Waals surface area contributed by atoms with Crippen LogP contribution in [0, 0.1) is 11.3 Å². The molecule has 4 aromatic rings. The first kappa shape index (κ1) is 25.0. The first-order valence-corrected chi connectivity index (χ1v) is 13.2. The van der Waals surface area contributed by atoms with E-state index >= 15 is 0 Å². The number of likely N-dealkylation sites (N-methyl/N-ethyl adjacent to an activating group) is 1. The standard InChI is InChI=1S/C29H26ClN5O4/c1-33-6-8-34(9-7-33)29(37)39-25-13-23-27(22-10-17(15-31)2-4-21(22)25)19(14-30)16-35(23)28(36)26-12-18-11-20(32)3-5-24(18)38-26/h2-5,10-13,19H,6-9,14,16,32H2,1H3. The van der Waals surface area contributed by atoms with Gasteiger partial charge in [-0.25, -0.2) is 4.79 Å². The van der Waals surface area contributed by atoms with E-state index in [9.17, 15) is 14.9 Å². The molecule has 10 heteroatoms. The number of anilines is 2. The van der Waals surface area contributed by atoms with Crippen LogP contribution in [0.3, 0.4) is 0 Å². The predicted molar refractivity (Wildman–Crippen MR) is 150 cm³/mol. The highest BCUT2D eigenvalue weighted by atomic mass is 35.5. The van der Waals surface area contributed by atoms with Crippen LogP contribution >= 0.6 is 11.6 Å². The summed E-state index contributed by atoms with van der Waals surface area (Å²) in [6.07, 6.45) is -0.451. The van der Waals surface area contributed by atoms with Gasteiger partial charge in [-0.2, -0.15) is 5.26 Å². The second kappa shape index (κ2) is 9.80. The van der Waals surface area contributed by atoms with Gasteiger partial charge in [-0.05, 0) is 60.5 Å². The van der Waals surface area contributed by atoms with Gasteiger partial charge in [0.2, 0.25) is 0 Å². The van der Waals surface area contributed by atoms with E-state index < -0.39 is 6.09 Å². The number of nitrogens with two attached hydrogens (primary N) is 1. The van der Waals surface area contributed by atoms with Crippen LogP contribution in [0.2, 0.25) is 0 Å². The molecule has 2 amide bonds. The Morgan fingerprint density at radius 1 is 1.10 bits per heavy atom. The Labute approximate surface area is 229 Å². The highest BCUT2D eigenvalue weighted by molar-refractivity contribution is 6.19. The zero-order chi connectivity index (χ0) is 27.3. The van der Waals surface area contributed by atoms with E-state index in [0.29, 0.717) is 53.3 Å². The van der Waals surface area contributed by atoms with Crippen molar-refractivity contribution in [3.8, 4) is 11.8 Å². The van der Waals surface area contributed by atoms with E-state index in [0.717, 1.165) is 29.4 Å². The van der Waals surface area contributed by atoms with Crippen molar-refractivity contribution in [1.82, 2.24) is 9.80 Å². The number of nitrogen functional groups attached to an aromatic ring is 1. The molecule has 2 aliphatic heterocycles. The van der Waals surface area contributed by atoms with E-state index in [1.165, 1.54) is 0 Å². The topological polar surface area (TPSA) is 116 Å². The highest BCUT2D eigenvalue weighted by Crippen LogP contribution is 2.46. The van der Waals surface area contributed by atoms with Crippen molar-refractivity contribution in [2.75, 3.05) is 56.3 Å². The average Bonchev–Trinajstić information content (AvgIpc) is 3.54. The smallest absolute Gasteiger partial charge is 0.415 e. The Kier molecular flexibility index (Phi) is 6.29. The Morgan fingerprint density at radius 3 is 2.64 bits per heavy atom. The summed E-state index contributed by atoms with van der Waals surface area (Å²) in [5, 5.41) is 11.7. The molecule has 198 valence electrons. The summed E-state index contributed by atoms with van der Waals surface area (Å²) in [6, 6.07) is 16.0. The van der Waals surface area contributed by atoms with Gasteiger partial charge in [-0.3, -0.25) is 4.79 Å². The number of piperazine rings is 1. The van der Waals surface area contributed by atoms with Crippen LogP contribution in [0.15, 0.2) is 52.9 Å². The molecule has 9 nitrogen and oxygen atoms in total. The maximum Gasteiger partial charge on any atom is 0.415 e. The Morgan fingerprint density at radius 2 is 1.90 bits per heavy atom. The summed E-state index contributed by atoms with van der Waals surface area (Å²) in [4.78, 5) is 32.3. The predicted octanol–water partition coefficient (Wildman–Crippen LogP) is 4.77. The molecule has 1 aromatic heterocycles. The number of carbonyl (C=O) groups is 2. The summed E-state index contributed by atoms with van der Waals surface area (Å²) in [5.74, 6) is 0.219. The number of halogens is 1. The molecule has 1 saturated heterocycles. The van der Waals surface area contributed by atoms with Crippen molar-refractivity contribution in [3.05, 3.63) is 65.4 Å². The first-order valence-electron chi connectivity index (χ1n) is 12.7. The maximum absolute atomic E-state index is 13.8. The van der Waals surface area contributed by atoms with Crippen molar-refractivity contribution in [2.24, 2.45) is 0 Å². The van der Waals surface area contributed by atoms with E-state index in [-0.39, 0.29) is 23.5 Å². The number of hydrogen-bond donors (Lipinski definition) is 1. The molecule has 0 radical (unpaired) electrons. The van der Waals surface area contributed by atoms with Crippen LogP contribution in [0.25, 0.3) is 21.7 Å². The third-order valence-corrected chi connectivity index (χ3v) is 7.86. The normalized spacial score (nSPS) is 17.4. The number of alkyl halides is 1. The van der Waals surface area contributed by atoms with Gasteiger partial charge in [-0.1, -0.05) is 0 Å². The molecule has 0 saturated carbocycles. The summed E-state index contributed by atoms with van der Waals surface area (Å²) in [7, 11) is 2.01. The number of hydrogen-bond acceptors (Lipinski definition) is 7. The monoisotopic (exact) mass is 543 g/mol.